The van der Waals surface area contributed by atoms with Crippen LogP contribution in [-0.4, -0.2) is 37.4 Å². The number of ether oxygens (including phenoxy) is 2. The zero-order chi connectivity index (χ0) is 11.7. The van der Waals surface area contributed by atoms with Gasteiger partial charge in [0.15, 0.2) is 6.10 Å². The second-order valence-electron chi connectivity index (χ2n) is 3.28. The lowest BCUT2D eigenvalue weighted by molar-refractivity contribution is 0.0843. The number of aliphatic imine (C=N–C) groups is 1. The van der Waals surface area contributed by atoms with Gasteiger partial charge in [-0.3, -0.25) is 9.79 Å². The average molecular weight is 221 g/mol. The monoisotopic (exact) mass is 221 g/mol. The number of benzene rings is 1. The van der Waals surface area contributed by atoms with E-state index in [-0.39, 0.29) is 5.56 Å². The van der Waals surface area contributed by atoms with Crippen molar-refractivity contribution in [3.63, 3.8) is 0 Å². The third kappa shape index (κ3) is 1.45. The summed E-state index contributed by atoms with van der Waals surface area (Å²) in [4.78, 5) is 15.8. The zero-order valence-corrected chi connectivity index (χ0v) is 8.93. The molecule has 0 spiro atoms. The van der Waals surface area contributed by atoms with E-state index in [2.05, 4.69) is 4.99 Å². The number of aliphatic hydroxyl groups excluding tert-OH is 1. The summed E-state index contributed by atoms with van der Waals surface area (Å²) >= 11 is 0. The van der Waals surface area contributed by atoms with Gasteiger partial charge in [-0.25, -0.2) is 0 Å². The lowest BCUT2D eigenvalue weighted by Gasteiger charge is -2.18. The van der Waals surface area contributed by atoms with Crippen molar-refractivity contribution in [3.8, 4) is 11.5 Å². The highest BCUT2D eigenvalue weighted by molar-refractivity contribution is 6.16. The number of fused-ring (bicyclic) bond motifs is 1. The van der Waals surface area contributed by atoms with E-state index < -0.39 is 11.9 Å². The van der Waals surface area contributed by atoms with Crippen molar-refractivity contribution in [1.29, 1.82) is 0 Å². The van der Waals surface area contributed by atoms with E-state index >= 15 is 0 Å². The number of aliphatic hydroxyl groups is 1. The molecule has 0 amide bonds. The molecule has 0 saturated carbocycles. The van der Waals surface area contributed by atoms with Crippen molar-refractivity contribution in [1.82, 2.24) is 0 Å². The zero-order valence-electron chi connectivity index (χ0n) is 8.93. The fourth-order valence-electron chi connectivity index (χ4n) is 1.62. The van der Waals surface area contributed by atoms with Crippen molar-refractivity contribution in [2.45, 2.75) is 6.10 Å². The number of nitrogens with zero attached hydrogens (tertiary/aromatic N) is 1. The van der Waals surface area contributed by atoms with Crippen LogP contribution in [-0.2, 0) is 0 Å². The molecule has 1 heterocycles. The second-order valence-corrected chi connectivity index (χ2v) is 3.28. The standard InChI is InChI=1S/C11H11NO4/c1-15-7-3-4-8(16-2)10-9(7)11(14)6(13)5-12-10/h3-6,13H,1-2H3. The highest BCUT2D eigenvalue weighted by Gasteiger charge is 2.28. The van der Waals surface area contributed by atoms with Gasteiger partial charge in [-0.1, -0.05) is 0 Å². The first-order valence-electron chi connectivity index (χ1n) is 4.70. The van der Waals surface area contributed by atoms with Crippen LogP contribution in [0.5, 0.6) is 11.5 Å². The predicted octanol–water partition coefficient (Wildman–Crippen LogP) is 0.963. The normalized spacial score (nSPS) is 18.2. The van der Waals surface area contributed by atoms with E-state index in [4.69, 9.17) is 9.47 Å². The van der Waals surface area contributed by atoms with E-state index in [1.165, 1.54) is 20.4 Å². The van der Waals surface area contributed by atoms with Crippen LogP contribution >= 0.6 is 0 Å². The molecule has 1 atom stereocenters. The molecule has 5 heteroatoms. The Labute approximate surface area is 92.3 Å². The van der Waals surface area contributed by atoms with Crippen molar-refractivity contribution in [2.75, 3.05) is 14.2 Å². The minimum atomic E-state index is -1.21. The van der Waals surface area contributed by atoms with Gasteiger partial charge >= 0.3 is 0 Å². The first kappa shape index (κ1) is 10.6. The highest BCUT2D eigenvalue weighted by Crippen LogP contribution is 2.39. The molecule has 1 N–H and O–H groups in total. The Morgan fingerprint density at radius 1 is 1.25 bits per heavy atom. The van der Waals surface area contributed by atoms with E-state index in [1.54, 1.807) is 12.1 Å². The molecule has 16 heavy (non-hydrogen) atoms. The van der Waals surface area contributed by atoms with Gasteiger partial charge in [-0.2, -0.15) is 0 Å². The summed E-state index contributed by atoms with van der Waals surface area (Å²) in [7, 11) is 2.95. The van der Waals surface area contributed by atoms with Crippen LogP contribution in [0.1, 0.15) is 10.4 Å². The quantitative estimate of drug-likeness (QED) is 0.807. The summed E-state index contributed by atoms with van der Waals surface area (Å²) in [5, 5.41) is 9.41. The first-order chi connectivity index (χ1) is 7.69. The van der Waals surface area contributed by atoms with Gasteiger partial charge < -0.3 is 14.6 Å². The summed E-state index contributed by atoms with van der Waals surface area (Å²) in [5.74, 6) is 0.435. The lowest BCUT2D eigenvalue weighted by Crippen LogP contribution is -2.25. The first-order valence-corrected chi connectivity index (χ1v) is 4.70. The van der Waals surface area contributed by atoms with Gasteiger partial charge in [-0.05, 0) is 12.1 Å². The maximum Gasteiger partial charge on any atom is 0.202 e. The van der Waals surface area contributed by atoms with Gasteiger partial charge in [0.2, 0.25) is 5.78 Å². The molecule has 0 aromatic heterocycles. The van der Waals surface area contributed by atoms with Crippen LogP contribution in [0, 0.1) is 0 Å². The van der Waals surface area contributed by atoms with Crippen molar-refractivity contribution in [2.24, 2.45) is 4.99 Å². The van der Waals surface area contributed by atoms with Crippen LogP contribution in [0.25, 0.3) is 0 Å². The Bertz CT molecular complexity index is 467. The summed E-state index contributed by atoms with van der Waals surface area (Å²) in [6.45, 7) is 0. The van der Waals surface area contributed by atoms with E-state index in [1.807, 2.05) is 0 Å². The maximum absolute atomic E-state index is 11.8. The third-order valence-electron chi connectivity index (χ3n) is 2.40. The summed E-state index contributed by atoms with van der Waals surface area (Å²) in [6, 6.07) is 3.28. The molecule has 0 bridgehead atoms. The number of carbonyl (C=O) groups excluding carboxylic acids is 1. The lowest BCUT2D eigenvalue weighted by atomic mass is 10.0. The Morgan fingerprint density at radius 3 is 2.50 bits per heavy atom. The summed E-state index contributed by atoms with van der Waals surface area (Å²) in [5.41, 5.74) is 0.661. The van der Waals surface area contributed by atoms with Gasteiger partial charge in [0.25, 0.3) is 0 Å². The van der Waals surface area contributed by atoms with Crippen LogP contribution in [0.2, 0.25) is 0 Å². The molecule has 1 aliphatic rings. The number of carbonyl (C=O) groups is 1. The molecule has 1 aromatic carbocycles. The molecular weight excluding hydrogens is 210 g/mol. The Kier molecular flexibility index (Phi) is 2.62. The van der Waals surface area contributed by atoms with Crippen LogP contribution in [0.3, 0.4) is 0 Å². The Balaban J connectivity index is 2.68. The van der Waals surface area contributed by atoms with Crippen LogP contribution < -0.4 is 9.47 Å². The largest absolute Gasteiger partial charge is 0.496 e. The highest BCUT2D eigenvalue weighted by atomic mass is 16.5. The minimum absolute atomic E-state index is 0.261. The maximum atomic E-state index is 11.8. The Morgan fingerprint density at radius 2 is 1.88 bits per heavy atom. The molecule has 0 fully saturated rings. The van der Waals surface area contributed by atoms with E-state index in [0.717, 1.165) is 0 Å². The summed E-state index contributed by atoms with van der Waals surface area (Å²) in [6.07, 6.45) is -0.0272. The molecule has 1 unspecified atom stereocenters. The van der Waals surface area contributed by atoms with Gasteiger partial charge in [0.1, 0.15) is 17.2 Å². The van der Waals surface area contributed by atoms with Gasteiger partial charge in [0, 0.05) is 6.21 Å². The molecular formula is C11H11NO4. The van der Waals surface area contributed by atoms with E-state index in [0.29, 0.717) is 17.2 Å². The average Bonchev–Trinajstić information content (AvgIpc) is 2.32. The molecule has 0 radical (unpaired) electrons. The Hall–Kier alpha value is -1.88. The number of hydrogen-bond acceptors (Lipinski definition) is 5. The number of methoxy groups -OCH3 is 2. The number of hydrogen-bond donors (Lipinski definition) is 1. The van der Waals surface area contributed by atoms with Crippen LogP contribution in [0.4, 0.5) is 5.69 Å². The minimum Gasteiger partial charge on any atom is -0.496 e. The number of rotatable bonds is 2. The third-order valence-corrected chi connectivity index (χ3v) is 2.40. The molecule has 2 rings (SSSR count). The number of Topliss-reactive ketones (excluding diaryl/α,β-unsaturated/α-hetero) is 1. The molecule has 1 aliphatic heterocycles. The van der Waals surface area contributed by atoms with Gasteiger partial charge in [-0.15, -0.1) is 0 Å². The SMILES string of the molecule is COc1ccc(OC)c2c1N=CC(O)C2=O. The fourth-order valence-corrected chi connectivity index (χ4v) is 1.62. The predicted molar refractivity (Wildman–Crippen MR) is 58.0 cm³/mol. The fraction of sp³-hybridized carbons (Fsp3) is 0.273. The molecule has 5 nitrogen and oxygen atoms in total. The topological polar surface area (TPSA) is 68.1 Å². The smallest absolute Gasteiger partial charge is 0.202 e. The van der Waals surface area contributed by atoms with E-state index in [9.17, 15) is 9.90 Å². The molecule has 0 aliphatic carbocycles. The molecule has 84 valence electrons. The number of ketones is 1. The molecule has 1 aromatic rings. The summed E-state index contributed by atoms with van der Waals surface area (Å²) < 4.78 is 10.2. The van der Waals surface area contributed by atoms with Crippen molar-refractivity contribution >= 4 is 17.7 Å². The van der Waals surface area contributed by atoms with Crippen LogP contribution in [0.15, 0.2) is 17.1 Å². The second kappa shape index (κ2) is 3.94. The molecule has 0 saturated heterocycles. The van der Waals surface area contributed by atoms with Gasteiger partial charge in [0.05, 0.1) is 19.8 Å². The van der Waals surface area contributed by atoms with Crippen molar-refractivity contribution in [3.05, 3.63) is 17.7 Å². The van der Waals surface area contributed by atoms with Crippen molar-refractivity contribution < 1.29 is 19.4 Å².